The van der Waals surface area contributed by atoms with Crippen LogP contribution in [0.25, 0.3) is 0 Å². The van der Waals surface area contributed by atoms with Crippen LogP contribution in [0.3, 0.4) is 0 Å². The van der Waals surface area contributed by atoms with Gasteiger partial charge in [-0.3, -0.25) is 4.79 Å². The number of ketones is 1. The second-order valence-corrected chi connectivity index (χ2v) is 3.49. The molecule has 1 atom stereocenters. The molecule has 0 heterocycles. The fourth-order valence-electron chi connectivity index (χ4n) is 1.75. The van der Waals surface area contributed by atoms with Gasteiger partial charge in [0, 0.05) is 5.56 Å². The highest BCUT2D eigenvalue weighted by Crippen LogP contribution is 2.21. The molecule has 1 unspecified atom stereocenters. The maximum atomic E-state index is 11.6. The van der Waals surface area contributed by atoms with Crippen molar-refractivity contribution in [3.8, 4) is 6.07 Å². The molecule has 0 spiro atoms. The van der Waals surface area contributed by atoms with Gasteiger partial charge in [0.15, 0.2) is 5.78 Å². The fourth-order valence-corrected chi connectivity index (χ4v) is 1.75. The first-order valence-corrected chi connectivity index (χ1v) is 4.55. The quantitative estimate of drug-likeness (QED) is 0.657. The number of hydrogen-bond acceptors (Lipinski definition) is 3. The number of rotatable bonds is 0. The molecular formula is C11H10N2O. The molecule has 0 fully saturated rings. The number of nitrogens with two attached hydrogens (primary N) is 1. The van der Waals surface area contributed by atoms with Crippen LogP contribution in [0.2, 0.25) is 0 Å². The van der Waals surface area contributed by atoms with Gasteiger partial charge >= 0.3 is 0 Å². The topological polar surface area (TPSA) is 66.9 Å². The Morgan fingerprint density at radius 1 is 1.50 bits per heavy atom. The lowest BCUT2D eigenvalue weighted by Crippen LogP contribution is -2.35. The molecule has 1 aliphatic carbocycles. The number of aryl methyl sites for hydroxylation is 1. The number of nitrogens with zero attached hydrogens (tertiary/aromatic N) is 1. The van der Waals surface area contributed by atoms with Gasteiger partial charge in [-0.1, -0.05) is 0 Å². The van der Waals surface area contributed by atoms with E-state index < -0.39 is 0 Å². The van der Waals surface area contributed by atoms with Crippen LogP contribution < -0.4 is 5.73 Å². The molecule has 3 heteroatoms. The average molecular weight is 186 g/mol. The molecule has 2 rings (SSSR count). The van der Waals surface area contributed by atoms with Crippen LogP contribution in [-0.4, -0.2) is 11.8 Å². The molecular weight excluding hydrogens is 176 g/mol. The summed E-state index contributed by atoms with van der Waals surface area (Å²) < 4.78 is 0. The van der Waals surface area contributed by atoms with Gasteiger partial charge in [-0.15, -0.1) is 0 Å². The van der Waals surface area contributed by atoms with E-state index in [2.05, 4.69) is 6.07 Å². The second kappa shape index (κ2) is 3.24. The number of carbonyl (C=O) groups is 1. The zero-order valence-corrected chi connectivity index (χ0v) is 7.66. The summed E-state index contributed by atoms with van der Waals surface area (Å²) in [6.45, 7) is 0. The van der Waals surface area contributed by atoms with Crippen molar-refractivity contribution >= 4 is 5.78 Å². The highest BCUT2D eigenvalue weighted by Gasteiger charge is 2.23. The fraction of sp³-hybridized carbons (Fsp3) is 0.273. The van der Waals surface area contributed by atoms with Gasteiger partial charge in [0.2, 0.25) is 0 Å². The van der Waals surface area contributed by atoms with Crippen LogP contribution in [0.4, 0.5) is 0 Å². The molecule has 0 saturated heterocycles. The van der Waals surface area contributed by atoms with E-state index in [1.807, 2.05) is 0 Å². The van der Waals surface area contributed by atoms with Crippen molar-refractivity contribution in [2.24, 2.45) is 5.73 Å². The van der Waals surface area contributed by atoms with Crippen LogP contribution in [0, 0.1) is 11.3 Å². The summed E-state index contributed by atoms with van der Waals surface area (Å²) in [5, 5.41) is 8.70. The van der Waals surface area contributed by atoms with Crippen molar-refractivity contribution in [2.45, 2.75) is 18.9 Å². The minimum Gasteiger partial charge on any atom is -0.321 e. The van der Waals surface area contributed by atoms with Gasteiger partial charge in [0.05, 0.1) is 17.7 Å². The zero-order valence-electron chi connectivity index (χ0n) is 7.66. The maximum Gasteiger partial charge on any atom is 0.179 e. The molecule has 0 radical (unpaired) electrons. The van der Waals surface area contributed by atoms with Crippen molar-refractivity contribution < 1.29 is 4.79 Å². The molecule has 0 bridgehead atoms. The third-order valence-electron chi connectivity index (χ3n) is 2.56. The second-order valence-electron chi connectivity index (χ2n) is 3.49. The molecule has 1 aromatic carbocycles. The molecule has 1 aromatic rings. The summed E-state index contributed by atoms with van der Waals surface area (Å²) in [4.78, 5) is 11.6. The minimum absolute atomic E-state index is 0.00394. The standard InChI is InChI=1S/C11H10N2O/c12-6-7-1-3-9-8(5-7)2-4-10(13)11(9)14/h1,3,5,10H,2,4,13H2. The summed E-state index contributed by atoms with van der Waals surface area (Å²) >= 11 is 0. The Balaban J connectivity index is 2.50. The molecule has 14 heavy (non-hydrogen) atoms. The van der Waals surface area contributed by atoms with Crippen LogP contribution in [0.5, 0.6) is 0 Å². The first-order valence-electron chi connectivity index (χ1n) is 4.55. The Bertz CT molecular complexity index is 431. The number of benzene rings is 1. The third-order valence-corrected chi connectivity index (χ3v) is 2.56. The first kappa shape index (κ1) is 8.92. The van der Waals surface area contributed by atoms with Crippen molar-refractivity contribution in [1.29, 1.82) is 5.26 Å². The first-order chi connectivity index (χ1) is 6.72. The predicted molar refractivity (Wildman–Crippen MR) is 51.8 cm³/mol. The van der Waals surface area contributed by atoms with Gasteiger partial charge in [0.1, 0.15) is 0 Å². The number of Topliss-reactive ketones (excluding diaryl/α,β-unsaturated/α-hetero) is 1. The Hall–Kier alpha value is -1.66. The molecule has 3 nitrogen and oxygen atoms in total. The zero-order chi connectivity index (χ0) is 10.1. The number of carbonyl (C=O) groups excluding carboxylic acids is 1. The van der Waals surface area contributed by atoms with Gasteiger partial charge in [-0.2, -0.15) is 5.26 Å². The highest BCUT2D eigenvalue weighted by molar-refractivity contribution is 6.02. The van der Waals surface area contributed by atoms with Crippen LogP contribution >= 0.6 is 0 Å². The van der Waals surface area contributed by atoms with E-state index in [0.29, 0.717) is 17.5 Å². The normalized spacial score (nSPS) is 20.0. The van der Waals surface area contributed by atoms with E-state index in [9.17, 15) is 4.79 Å². The Morgan fingerprint density at radius 3 is 3.00 bits per heavy atom. The summed E-state index contributed by atoms with van der Waals surface area (Å²) in [6.07, 6.45) is 1.47. The van der Waals surface area contributed by atoms with Crippen molar-refractivity contribution in [2.75, 3.05) is 0 Å². The monoisotopic (exact) mass is 186 g/mol. The number of nitriles is 1. The molecule has 2 N–H and O–H groups in total. The molecule has 1 aliphatic rings. The summed E-state index contributed by atoms with van der Waals surface area (Å²) in [7, 11) is 0. The third kappa shape index (κ3) is 1.30. The minimum atomic E-state index is -0.365. The van der Waals surface area contributed by atoms with Crippen LogP contribution in [0.1, 0.15) is 27.9 Å². The highest BCUT2D eigenvalue weighted by atomic mass is 16.1. The Kier molecular flexibility index (Phi) is 2.06. The summed E-state index contributed by atoms with van der Waals surface area (Å²) in [5.74, 6) is -0.00394. The molecule has 0 aliphatic heterocycles. The molecule has 0 saturated carbocycles. The molecule has 70 valence electrons. The predicted octanol–water partition coefficient (Wildman–Crippen LogP) is 1.01. The lowest BCUT2D eigenvalue weighted by molar-refractivity contribution is 0.0948. The van der Waals surface area contributed by atoms with E-state index in [4.69, 9.17) is 11.0 Å². The van der Waals surface area contributed by atoms with Crippen molar-refractivity contribution in [3.63, 3.8) is 0 Å². The average Bonchev–Trinajstić information content (AvgIpc) is 2.23. The number of hydrogen-bond donors (Lipinski definition) is 1. The van der Waals surface area contributed by atoms with E-state index in [-0.39, 0.29) is 11.8 Å². The van der Waals surface area contributed by atoms with Gasteiger partial charge < -0.3 is 5.73 Å². The van der Waals surface area contributed by atoms with E-state index in [1.165, 1.54) is 0 Å². The summed E-state index contributed by atoms with van der Waals surface area (Å²) in [5.41, 5.74) is 7.89. The Morgan fingerprint density at radius 2 is 2.29 bits per heavy atom. The van der Waals surface area contributed by atoms with E-state index >= 15 is 0 Å². The van der Waals surface area contributed by atoms with Gasteiger partial charge in [-0.25, -0.2) is 0 Å². The van der Waals surface area contributed by atoms with E-state index in [1.54, 1.807) is 18.2 Å². The maximum absolute atomic E-state index is 11.6. The van der Waals surface area contributed by atoms with E-state index in [0.717, 1.165) is 12.0 Å². The van der Waals surface area contributed by atoms with Crippen LogP contribution in [-0.2, 0) is 6.42 Å². The van der Waals surface area contributed by atoms with Gasteiger partial charge in [0.25, 0.3) is 0 Å². The largest absolute Gasteiger partial charge is 0.321 e. The summed E-state index contributed by atoms with van der Waals surface area (Å²) in [6, 6.07) is 6.84. The van der Waals surface area contributed by atoms with Crippen molar-refractivity contribution in [1.82, 2.24) is 0 Å². The SMILES string of the molecule is N#Cc1ccc2c(c1)CCC(N)C2=O. The number of fused-ring (bicyclic) bond motifs is 1. The van der Waals surface area contributed by atoms with Gasteiger partial charge in [-0.05, 0) is 36.6 Å². The van der Waals surface area contributed by atoms with Crippen molar-refractivity contribution in [3.05, 3.63) is 34.9 Å². The molecule has 0 aromatic heterocycles. The molecule has 0 amide bonds. The lowest BCUT2D eigenvalue weighted by atomic mass is 9.87. The lowest BCUT2D eigenvalue weighted by Gasteiger charge is -2.19. The Labute approximate surface area is 82.1 Å². The smallest absolute Gasteiger partial charge is 0.179 e. The van der Waals surface area contributed by atoms with Crippen LogP contribution in [0.15, 0.2) is 18.2 Å².